The highest BCUT2D eigenvalue weighted by Crippen LogP contribution is 2.26. The lowest BCUT2D eigenvalue weighted by atomic mass is 9.86. The number of hydrogen-bond donors (Lipinski definition) is 2. The van der Waals surface area contributed by atoms with Gasteiger partial charge in [0.25, 0.3) is 0 Å². The lowest BCUT2D eigenvalue weighted by molar-refractivity contribution is -0.149. The van der Waals surface area contributed by atoms with E-state index in [1.807, 2.05) is 12.1 Å². The zero-order chi connectivity index (χ0) is 17.6. The summed E-state index contributed by atoms with van der Waals surface area (Å²) < 4.78 is 5.35. The van der Waals surface area contributed by atoms with E-state index < -0.39 is 0 Å². The Bertz CT molecular complexity index is 626. The van der Waals surface area contributed by atoms with Gasteiger partial charge in [-0.25, -0.2) is 4.98 Å². The molecule has 6 heteroatoms. The molecule has 0 saturated carbocycles. The van der Waals surface area contributed by atoms with Crippen LogP contribution in [0, 0.1) is 5.92 Å². The van der Waals surface area contributed by atoms with Crippen LogP contribution < -0.4 is 10.6 Å². The van der Waals surface area contributed by atoms with E-state index in [0.29, 0.717) is 18.8 Å². The molecule has 1 aliphatic heterocycles. The van der Waals surface area contributed by atoms with Crippen molar-refractivity contribution in [3.63, 3.8) is 0 Å². The highest BCUT2D eigenvalue weighted by atomic mass is 16.5. The van der Waals surface area contributed by atoms with Gasteiger partial charge in [-0.15, -0.1) is 0 Å². The maximum atomic E-state index is 12.2. The van der Waals surface area contributed by atoms with Crippen molar-refractivity contribution in [3.8, 4) is 0 Å². The SMILES string of the molecule is CCCCOC(=O)C1CCc2nc(NC(=O)[C@H]3CCCN3)ccc2C1. The molecule has 2 N–H and O–H groups in total. The smallest absolute Gasteiger partial charge is 0.309 e. The Morgan fingerprint density at radius 3 is 3.00 bits per heavy atom. The van der Waals surface area contributed by atoms with Gasteiger partial charge in [-0.1, -0.05) is 19.4 Å². The fraction of sp³-hybridized carbons (Fsp3) is 0.632. The molecule has 2 atom stereocenters. The van der Waals surface area contributed by atoms with Gasteiger partial charge in [0, 0.05) is 5.69 Å². The lowest BCUT2D eigenvalue weighted by Crippen LogP contribution is -2.35. The quantitative estimate of drug-likeness (QED) is 0.610. The molecule has 2 aliphatic rings. The number of pyridine rings is 1. The number of aromatic nitrogens is 1. The average molecular weight is 345 g/mol. The first-order valence-electron chi connectivity index (χ1n) is 9.37. The summed E-state index contributed by atoms with van der Waals surface area (Å²) in [4.78, 5) is 28.9. The molecule has 1 fully saturated rings. The second kappa shape index (κ2) is 8.43. The molecular weight excluding hydrogens is 318 g/mol. The zero-order valence-electron chi connectivity index (χ0n) is 14.8. The van der Waals surface area contributed by atoms with Crippen LogP contribution in [0.5, 0.6) is 0 Å². The van der Waals surface area contributed by atoms with Crippen LogP contribution >= 0.6 is 0 Å². The summed E-state index contributed by atoms with van der Waals surface area (Å²) in [5, 5.41) is 6.09. The molecule has 1 aliphatic carbocycles. The second-order valence-electron chi connectivity index (χ2n) is 6.90. The van der Waals surface area contributed by atoms with E-state index >= 15 is 0 Å². The number of hydrogen-bond acceptors (Lipinski definition) is 5. The Morgan fingerprint density at radius 2 is 2.24 bits per heavy atom. The Kier molecular flexibility index (Phi) is 6.02. The van der Waals surface area contributed by atoms with E-state index in [4.69, 9.17) is 4.74 Å². The minimum absolute atomic E-state index is 0.0156. The largest absolute Gasteiger partial charge is 0.465 e. The zero-order valence-corrected chi connectivity index (χ0v) is 14.8. The van der Waals surface area contributed by atoms with Gasteiger partial charge in [-0.3, -0.25) is 9.59 Å². The van der Waals surface area contributed by atoms with Gasteiger partial charge in [0.05, 0.1) is 18.6 Å². The van der Waals surface area contributed by atoms with E-state index in [9.17, 15) is 9.59 Å². The molecule has 1 unspecified atom stereocenters. The molecule has 1 amide bonds. The van der Waals surface area contributed by atoms with Gasteiger partial charge in [-0.2, -0.15) is 0 Å². The number of anilines is 1. The number of nitrogens with one attached hydrogen (secondary N) is 2. The Hall–Kier alpha value is -1.95. The Balaban J connectivity index is 1.57. The summed E-state index contributed by atoms with van der Waals surface area (Å²) in [6.45, 7) is 3.48. The number of esters is 1. The molecule has 25 heavy (non-hydrogen) atoms. The summed E-state index contributed by atoms with van der Waals surface area (Å²) in [6.07, 6.45) is 6.02. The number of ether oxygens (including phenoxy) is 1. The average Bonchev–Trinajstić information content (AvgIpc) is 3.16. The minimum Gasteiger partial charge on any atom is -0.465 e. The van der Waals surface area contributed by atoms with Crippen molar-refractivity contribution < 1.29 is 14.3 Å². The summed E-state index contributed by atoms with van der Waals surface area (Å²) >= 11 is 0. The molecule has 1 aromatic rings. The topological polar surface area (TPSA) is 80.3 Å². The number of unbranched alkanes of at least 4 members (excludes halogenated alkanes) is 1. The third kappa shape index (κ3) is 4.57. The standard InChI is InChI=1S/C19H27N3O3/c1-2-3-11-25-19(24)14-6-8-15-13(12-14)7-9-17(21-15)22-18(23)16-5-4-10-20-16/h7,9,14,16,20H,2-6,8,10-12H2,1H3,(H,21,22,23)/t14?,16-/m1/s1. The first-order valence-corrected chi connectivity index (χ1v) is 9.37. The van der Waals surface area contributed by atoms with Gasteiger partial charge in [-0.05, 0) is 56.7 Å². The van der Waals surface area contributed by atoms with E-state index in [1.165, 1.54) is 0 Å². The summed E-state index contributed by atoms with van der Waals surface area (Å²) in [6, 6.07) is 3.70. The molecule has 2 heterocycles. The van der Waals surface area contributed by atoms with Crippen LogP contribution in [0.2, 0.25) is 0 Å². The van der Waals surface area contributed by atoms with E-state index in [1.54, 1.807) is 0 Å². The highest BCUT2D eigenvalue weighted by molar-refractivity contribution is 5.94. The molecule has 6 nitrogen and oxygen atoms in total. The molecule has 1 aromatic heterocycles. The first-order chi connectivity index (χ1) is 12.2. The maximum Gasteiger partial charge on any atom is 0.309 e. The first kappa shape index (κ1) is 17.9. The van der Waals surface area contributed by atoms with Crippen LogP contribution in [-0.4, -0.2) is 36.1 Å². The number of carbonyl (C=O) groups excluding carboxylic acids is 2. The van der Waals surface area contributed by atoms with Crippen molar-refractivity contribution >= 4 is 17.7 Å². The molecule has 0 bridgehead atoms. The van der Waals surface area contributed by atoms with Crippen LogP contribution in [0.3, 0.4) is 0 Å². The Labute approximate surface area is 148 Å². The van der Waals surface area contributed by atoms with Crippen molar-refractivity contribution in [1.82, 2.24) is 10.3 Å². The number of nitrogens with zero attached hydrogens (tertiary/aromatic N) is 1. The van der Waals surface area contributed by atoms with Gasteiger partial charge in [0.15, 0.2) is 0 Å². The van der Waals surface area contributed by atoms with Gasteiger partial charge >= 0.3 is 5.97 Å². The van der Waals surface area contributed by atoms with Crippen LogP contribution in [0.25, 0.3) is 0 Å². The van der Waals surface area contributed by atoms with Crippen molar-refractivity contribution in [3.05, 3.63) is 23.4 Å². The van der Waals surface area contributed by atoms with Gasteiger partial charge in [0.1, 0.15) is 5.82 Å². The molecule has 0 spiro atoms. The van der Waals surface area contributed by atoms with Crippen LogP contribution in [0.4, 0.5) is 5.82 Å². The number of fused-ring (bicyclic) bond motifs is 1. The molecular formula is C19H27N3O3. The summed E-state index contributed by atoms with van der Waals surface area (Å²) in [7, 11) is 0. The molecule has 136 valence electrons. The van der Waals surface area contributed by atoms with E-state index in [-0.39, 0.29) is 23.8 Å². The summed E-state index contributed by atoms with van der Waals surface area (Å²) in [5.74, 6) is 0.414. The highest BCUT2D eigenvalue weighted by Gasteiger charge is 2.27. The molecule has 3 rings (SSSR count). The predicted octanol–water partition coefficient (Wildman–Crippen LogP) is 2.22. The van der Waals surface area contributed by atoms with E-state index in [2.05, 4.69) is 22.5 Å². The fourth-order valence-electron chi connectivity index (χ4n) is 3.44. The molecule has 0 radical (unpaired) electrons. The number of carbonyl (C=O) groups is 2. The van der Waals surface area contributed by atoms with Crippen molar-refractivity contribution in [1.29, 1.82) is 0 Å². The lowest BCUT2D eigenvalue weighted by Gasteiger charge is -2.23. The maximum absolute atomic E-state index is 12.2. The Morgan fingerprint density at radius 1 is 1.36 bits per heavy atom. The fourth-order valence-corrected chi connectivity index (χ4v) is 3.44. The number of aryl methyl sites for hydroxylation is 1. The monoisotopic (exact) mass is 345 g/mol. The minimum atomic E-state index is -0.111. The van der Waals surface area contributed by atoms with Crippen molar-refractivity contribution in [2.24, 2.45) is 5.92 Å². The van der Waals surface area contributed by atoms with Crippen LogP contribution in [0.1, 0.15) is 50.3 Å². The molecule has 0 aromatic carbocycles. The normalized spacial score (nSPS) is 22.3. The van der Waals surface area contributed by atoms with E-state index in [0.717, 1.165) is 56.3 Å². The predicted molar refractivity (Wildman–Crippen MR) is 95.3 cm³/mol. The molecule has 1 saturated heterocycles. The van der Waals surface area contributed by atoms with Crippen molar-refractivity contribution in [2.45, 2.75) is 57.9 Å². The third-order valence-corrected chi connectivity index (χ3v) is 4.97. The van der Waals surface area contributed by atoms with Gasteiger partial charge < -0.3 is 15.4 Å². The number of amides is 1. The van der Waals surface area contributed by atoms with Crippen LogP contribution in [-0.2, 0) is 27.2 Å². The second-order valence-corrected chi connectivity index (χ2v) is 6.90. The van der Waals surface area contributed by atoms with Gasteiger partial charge in [0.2, 0.25) is 5.91 Å². The third-order valence-electron chi connectivity index (χ3n) is 4.97. The van der Waals surface area contributed by atoms with Crippen molar-refractivity contribution in [2.75, 3.05) is 18.5 Å². The number of rotatable bonds is 6. The van der Waals surface area contributed by atoms with Crippen LogP contribution in [0.15, 0.2) is 12.1 Å². The summed E-state index contributed by atoms with van der Waals surface area (Å²) in [5.41, 5.74) is 2.07.